The molecule has 1 amide bonds. The molecule has 2 aliphatic rings. The van der Waals surface area contributed by atoms with Gasteiger partial charge < -0.3 is 9.88 Å². The Balaban J connectivity index is 1.41. The number of hydrogen-bond donors (Lipinski definition) is 1. The molecule has 1 aromatic heterocycles. The molecule has 1 aliphatic carbocycles. The van der Waals surface area contributed by atoms with E-state index in [1.54, 1.807) is 0 Å². The van der Waals surface area contributed by atoms with Gasteiger partial charge in [-0.3, -0.25) is 4.79 Å². The van der Waals surface area contributed by atoms with Gasteiger partial charge in [0.15, 0.2) is 0 Å². The van der Waals surface area contributed by atoms with Crippen molar-refractivity contribution < 1.29 is 4.79 Å². The lowest BCUT2D eigenvalue weighted by Crippen LogP contribution is -2.20. The van der Waals surface area contributed by atoms with Crippen molar-refractivity contribution in [1.82, 2.24) is 14.8 Å². The van der Waals surface area contributed by atoms with Gasteiger partial charge in [-0.05, 0) is 37.0 Å². The summed E-state index contributed by atoms with van der Waals surface area (Å²) in [5.74, 6) is 1.97. The number of rotatable bonds is 3. The van der Waals surface area contributed by atoms with E-state index in [9.17, 15) is 4.79 Å². The minimum atomic E-state index is 0.182. The molecule has 5 nitrogen and oxygen atoms in total. The molecule has 23 heavy (non-hydrogen) atoms. The molecule has 1 aromatic carbocycles. The van der Waals surface area contributed by atoms with E-state index in [0.29, 0.717) is 5.92 Å². The van der Waals surface area contributed by atoms with Crippen LogP contribution in [0.25, 0.3) is 0 Å². The first-order chi connectivity index (χ1) is 11.3. The van der Waals surface area contributed by atoms with Crippen molar-refractivity contribution in [2.24, 2.45) is 5.92 Å². The average Bonchev–Trinajstić information content (AvgIpc) is 3.26. The smallest absolute Gasteiger partial charge is 0.227 e. The maximum Gasteiger partial charge on any atom is 0.227 e. The fourth-order valence-electron chi connectivity index (χ4n) is 3.80. The Morgan fingerprint density at radius 3 is 2.70 bits per heavy atom. The molecule has 1 atom stereocenters. The first-order valence-electron chi connectivity index (χ1n) is 8.57. The van der Waals surface area contributed by atoms with Crippen molar-refractivity contribution in [2.45, 2.75) is 51.0 Å². The lowest BCUT2D eigenvalue weighted by Gasteiger charge is -2.23. The van der Waals surface area contributed by atoms with Gasteiger partial charge in [0.05, 0.1) is 0 Å². The monoisotopic (exact) mass is 310 g/mol. The molecular formula is C18H22N4O. The lowest BCUT2D eigenvalue weighted by molar-refractivity contribution is -0.119. The average molecular weight is 310 g/mol. The van der Waals surface area contributed by atoms with Crippen LogP contribution in [-0.4, -0.2) is 20.7 Å². The number of hydrogen-bond acceptors (Lipinski definition) is 3. The van der Waals surface area contributed by atoms with Crippen molar-refractivity contribution in [1.29, 1.82) is 0 Å². The molecule has 0 spiro atoms. The predicted octanol–water partition coefficient (Wildman–Crippen LogP) is 3.14. The number of amides is 1. The second-order valence-electron chi connectivity index (χ2n) is 6.73. The van der Waals surface area contributed by atoms with Gasteiger partial charge in [0, 0.05) is 30.5 Å². The standard InChI is InChI=1S/C18H22N4O/c23-18(14-3-1-2-4-14)20-16-8-5-13(6-9-16)15-7-10-17-21-19-12-22(17)11-15/h5-6,8-9,12,14-15H,1-4,7,10-11H2,(H,20,23)/t15-/m0/s1. The minimum Gasteiger partial charge on any atom is -0.326 e. The van der Waals surface area contributed by atoms with E-state index >= 15 is 0 Å². The maximum atomic E-state index is 12.2. The van der Waals surface area contributed by atoms with Crippen LogP contribution in [0.15, 0.2) is 30.6 Å². The first kappa shape index (κ1) is 14.4. The number of anilines is 1. The highest BCUT2D eigenvalue weighted by Crippen LogP contribution is 2.29. The molecule has 0 unspecified atom stereocenters. The zero-order chi connectivity index (χ0) is 15.6. The number of aryl methyl sites for hydroxylation is 1. The quantitative estimate of drug-likeness (QED) is 0.947. The molecule has 0 radical (unpaired) electrons. The Hall–Kier alpha value is -2.17. The minimum absolute atomic E-state index is 0.182. The highest BCUT2D eigenvalue weighted by Gasteiger charge is 2.23. The number of benzene rings is 1. The van der Waals surface area contributed by atoms with E-state index < -0.39 is 0 Å². The second-order valence-corrected chi connectivity index (χ2v) is 6.73. The van der Waals surface area contributed by atoms with Gasteiger partial charge in [-0.2, -0.15) is 0 Å². The SMILES string of the molecule is O=C(Nc1ccc([C@H]2CCc3nncn3C2)cc1)C1CCCC1. The highest BCUT2D eigenvalue weighted by molar-refractivity contribution is 5.92. The molecule has 0 bridgehead atoms. The Morgan fingerprint density at radius 2 is 1.91 bits per heavy atom. The van der Waals surface area contributed by atoms with E-state index in [-0.39, 0.29) is 11.8 Å². The zero-order valence-electron chi connectivity index (χ0n) is 13.2. The summed E-state index contributed by atoms with van der Waals surface area (Å²) < 4.78 is 2.14. The van der Waals surface area contributed by atoms with Gasteiger partial charge >= 0.3 is 0 Å². The van der Waals surface area contributed by atoms with Crippen LogP contribution in [-0.2, 0) is 17.8 Å². The normalized spacial score (nSPS) is 21.1. The molecule has 2 aromatic rings. The van der Waals surface area contributed by atoms with Crippen molar-refractivity contribution in [3.8, 4) is 0 Å². The van der Waals surface area contributed by atoms with Crippen molar-refractivity contribution in [3.05, 3.63) is 42.0 Å². The van der Waals surface area contributed by atoms with Gasteiger partial charge in [-0.15, -0.1) is 10.2 Å². The van der Waals surface area contributed by atoms with E-state index in [1.165, 1.54) is 18.4 Å². The predicted molar refractivity (Wildman–Crippen MR) is 88.1 cm³/mol. The lowest BCUT2D eigenvalue weighted by atomic mass is 9.91. The van der Waals surface area contributed by atoms with Crippen molar-refractivity contribution >= 4 is 11.6 Å². The van der Waals surface area contributed by atoms with E-state index in [2.05, 4.69) is 32.2 Å². The molecule has 1 aliphatic heterocycles. The molecular weight excluding hydrogens is 288 g/mol. The number of nitrogens with one attached hydrogen (secondary N) is 1. The topological polar surface area (TPSA) is 59.8 Å². The van der Waals surface area contributed by atoms with Crippen LogP contribution in [0, 0.1) is 5.92 Å². The van der Waals surface area contributed by atoms with Gasteiger partial charge in [0.2, 0.25) is 5.91 Å². The van der Waals surface area contributed by atoms with Crippen molar-refractivity contribution in [2.75, 3.05) is 5.32 Å². The van der Waals surface area contributed by atoms with Gasteiger partial charge in [-0.1, -0.05) is 25.0 Å². The van der Waals surface area contributed by atoms with E-state index in [4.69, 9.17) is 0 Å². The van der Waals surface area contributed by atoms with E-state index in [1.807, 2.05) is 18.5 Å². The van der Waals surface area contributed by atoms with Crippen LogP contribution in [0.2, 0.25) is 0 Å². The van der Waals surface area contributed by atoms with Crippen LogP contribution >= 0.6 is 0 Å². The van der Waals surface area contributed by atoms with Crippen LogP contribution in [0.4, 0.5) is 5.69 Å². The summed E-state index contributed by atoms with van der Waals surface area (Å²) in [6.45, 7) is 0.941. The second kappa shape index (κ2) is 6.14. The van der Waals surface area contributed by atoms with Crippen LogP contribution in [0.1, 0.15) is 49.4 Å². The van der Waals surface area contributed by atoms with Crippen LogP contribution in [0.3, 0.4) is 0 Å². The summed E-state index contributed by atoms with van der Waals surface area (Å²) in [4.78, 5) is 12.2. The summed E-state index contributed by atoms with van der Waals surface area (Å²) in [6, 6.07) is 8.35. The summed E-state index contributed by atoms with van der Waals surface area (Å²) in [7, 11) is 0. The molecule has 4 rings (SSSR count). The van der Waals surface area contributed by atoms with Gasteiger partial charge in [0.25, 0.3) is 0 Å². The van der Waals surface area contributed by atoms with Gasteiger partial charge in [0.1, 0.15) is 12.2 Å². The largest absolute Gasteiger partial charge is 0.326 e. The molecule has 1 saturated carbocycles. The zero-order valence-corrected chi connectivity index (χ0v) is 13.2. The Labute approximate surface area is 136 Å². The number of carbonyl (C=O) groups excluding carboxylic acids is 1. The number of carbonyl (C=O) groups is 1. The van der Waals surface area contributed by atoms with Crippen molar-refractivity contribution in [3.63, 3.8) is 0 Å². The summed E-state index contributed by atoms with van der Waals surface area (Å²) in [5.41, 5.74) is 2.23. The Kier molecular flexibility index (Phi) is 3.85. The Bertz CT molecular complexity index is 685. The Morgan fingerprint density at radius 1 is 1.13 bits per heavy atom. The fraction of sp³-hybridized carbons (Fsp3) is 0.500. The molecule has 120 valence electrons. The van der Waals surface area contributed by atoms with Gasteiger partial charge in [-0.25, -0.2) is 0 Å². The van der Waals surface area contributed by atoms with Crippen LogP contribution in [0.5, 0.6) is 0 Å². The first-order valence-corrected chi connectivity index (χ1v) is 8.57. The van der Waals surface area contributed by atoms with Crippen LogP contribution < -0.4 is 5.32 Å². The summed E-state index contributed by atoms with van der Waals surface area (Å²) >= 11 is 0. The molecule has 1 N–H and O–H groups in total. The molecule has 0 saturated heterocycles. The third kappa shape index (κ3) is 3.00. The summed E-state index contributed by atoms with van der Waals surface area (Å²) in [5, 5.41) is 11.2. The maximum absolute atomic E-state index is 12.2. The number of aromatic nitrogens is 3. The third-order valence-electron chi connectivity index (χ3n) is 5.20. The highest BCUT2D eigenvalue weighted by atomic mass is 16.1. The van der Waals surface area contributed by atoms with E-state index in [0.717, 1.165) is 43.7 Å². The third-order valence-corrected chi connectivity index (χ3v) is 5.20. The molecule has 1 fully saturated rings. The number of fused-ring (bicyclic) bond motifs is 1. The number of nitrogens with zero attached hydrogens (tertiary/aromatic N) is 3. The fourth-order valence-corrected chi connectivity index (χ4v) is 3.80. The molecule has 2 heterocycles. The molecule has 5 heteroatoms. The summed E-state index contributed by atoms with van der Waals surface area (Å²) in [6.07, 6.45) is 8.34.